The predicted molar refractivity (Wildman–Crippen MR) is 113 cm³/mol. The fraction of sp³-hybridized carbons (Fsp3) is 0.286. The van der Waals surface area contributed by atoms with Crippen LogP contribution >= 0.6 is 11.6 Å². The van der Waals surface area contributed by atoms with E-state index in [0.29, 0.717) is 25.6 Å². The van der Waals surface area contributed by atoms with E-state index in [9.17, 15) is 8.42 Å². The average Bonchev–Trinajstić information content (AvgIpc) is 3.08. The van der Waals surface area contributed by atoms with E-state index >= 15 is 0 Å². The average molecular weight is 416 g/mol. The molecule has 0 atom stereocenters. The maximum Gasteiger partial charge on any atom is 0.244 e. The highest BCUT2D eigenvalue weighted by Gasteiger charge is 2.28. The van der Waals surface area contributed by atoms with Crippen molar-refractivity contribution in [3.05, 3.63) is 65.5 Å². The Bertz CT molecular complexity index is 1170. The normalized spacial score (nSPS) is 15.9. The van der Waals surface area contributed by atoms with Crippen molar-refractivity contribution in [2.45, 2.75) is 31.2 Å². The third-order valence-electron chi connectivity index (χ3n) is 5.12. The quantitative estimate of drug-likeness (QED) is 0.617. The van der Waals surface area contributed by atoms with Crippen molar-refractivity contribution in [2.24, 2.45) is 0 Å². The van der Waals surface area contributed by atoms with Crippen LogP contribution in [0.4, 0.5) is 0 Å². The molecule has 3 heterocycles. The molecule has 2 aromatic heterocycles. The van der Waals surface area contributed by atoms with E-state index < -0.39 is 10.0 Å². The molecule has 5 nitrogen and oxygen atoms in total. The molecule has 4 rings (SSSR count). The van der Waals surface area contributed by atoms with Crippen LogP contribution < -0.4 is 0 Å². The molecule has 1 aliphatic rings. The first-order chi connectivity index (χ1) is 13.4. The molecule has 0 unspecified atom stereocenters. The predicted octanol–water partition coefficient (Wildman–Crippen LogP) is 4.75. The van der Waals surface area contributed by atoms with Crippen LogP contribution in [-0.4, -0.2) is 35.4 Å². The molecule has 146 valence electrons. The summed E-state index contributed by atoms with van der Waals surface area (Å²) in [6, 6.07) is 10.9. The zero-order valence-corrected chi connectivity index (χ0v) is 17.4. The van der Waals surface area contributed by atoms with Gasteiger partial charge in [0.25, 0.3) is 0 Å². The lowest BCUT2D eigenvalue weighted by Crippen LogP contribution is -2.34. The van der Waals surface area contributed by atoms with Crippen LogP contribution in [0.15, 0.2) is 59.8 Å². The van der Waals surface area contributed by atoms with Gasteiger partial charge in [0.2, 0.25) is 10.0 Å². The summed E-state index contributed by atoms with van der Waals surface area (Å²) in [4.78, 5) is 4.70. The number of sulfonamides is 1. The number of fused-ring (bicyclic) bond motifs is 1. The van der Waals surface area contributed by atoms with Crippen LogP contribution in [0, 0.1) is 0 Å². The lowest BCUT2D eigenvalue weighted by Gasteiger charge is -2.26. The van der Waals surface area contributed by atoms with Crippen LogP contribution in [0.5, 0.6) is 0 Å². The van der Waals surface area contributed by atoms with Gasteiger partial charge in [0, 0.05) is 42.5 Å². The van der Waals surface area contributed by atoms with Gasteiger partial charge in [0.15, 0.2) is 0 Å². The van der Waals surface area contributed by atoms with Crippen molar-refractivity contribution < 1.29 is 8.42 Å². The summed E-state index contributed by atoms with van der Waals surface area (Å²) in [6.45, 7) is 5.02. The van der Waals surface area contributed by atoms with Crippen LogP contribution in [-0.2, 0) is 10.0 Å². The SMILES string of the molecule is CC(C)n1cc(C2=CCN(S(=O)(=O)c3ccccc3Cl)CC2)c2cccnc21. The Morgan fingerprint density at radius 1 is 1.14 bits per heavy atom. The molecule has 7 heteroatoms. The van der Waals surface area contributed by atoms with Gasteiger partial charge in [0.1, 0.15) is 10.5 Å². The number of halogens is 1. The van der Waals surface area contributed by atoms with Gasteiger partial charge >= 0.3 is 0 Å². The summed E-state index contributed by atoms with van der Waals surface area (Å²) in [5, 5.41) is 1.35. The molecule has 28 heavy (non-hydrogen) atoms. The number of rotatable bonds is 4. The van der Waals surface area contributed by atoms with Crippen LogP contribution in [0.1, 0.15) is 31.9 Å². The largest absolute Gasteiger partial charge is 0.329 e. The molecule has 0 N–H and O–H groups in total. The zero-order valence-electron chi connectivity index (χ0n) is 15.8. The highest BCUT2D eigenvalue weighted by molar-refractivity contribution is 7.89. The Labute approximate surface area is 170 Å². The minimum Gasteiger partial charge on any atom is -0.329 e. The van der Waals surface area contributed by atoms with E-state index in [0.717, 1.165) is 22.2 Å². The molecule has 0 radical (unpaired) electrons. The van der Waals surface area contributed by atoms with Gasteiger partial charge < -0.3 is 4.57 Å². The van der Waals surface area contributed by atoms with Crippen molar-refractivity contribution in [2.75, 3.05) is 13.1 Å². The van der Waals surface area contributed by atoms with Gasteiger partial charge in [-0.3, -0.25) is 0 Å². The van der Waals surface area contributed by atoms with Crippen LogP contribution in [0.2, 0.25) is 5.02 Å². The molecule has 0 aliphatic carbocycles. The second-order valence-electron chi connectivity index (χ2n) is 7.19. The molecule has 0 saturated carbocycles. The van der Waals surface area contributed by atoms with Crippen LogP contribution in [0.3, 0.4) is 0 Å². The Kier molecular flexibility index (Phi) is 5.04. The summed E-state index contributed by atoms with van der Waals surface area (Å²) in [5.74, 6) is 0. The fourth-order valence-electron chi connectivity index (χ4n) is 3.64. The number of aromatic nitrogens is 2. The maximum atomic E-state index is 13.0. The smallest absolute Gasteiger partial charge is 0.244 e. The number of pyridine rings is 1. The van der Waals surface area contributed by atoms with Crippen molar-refractivity contribution >= 4 is 38.2 Å². The molecular formula is C21H22ClN3O2S. The van der Waals surface area contributed by atoms with E-state index in [2.05, 4.69) is 35.7 Å². The number of benzene rings is 1. The Balaban J connectivity index is 1.67. The highest BCUT2D eigenvalue weighted by Crippen LogP contribution is 2.33. The lowest BCUT2D eigenvalue weighted by molar-refractivity contribution is 0.441. The first kappa shape index (κ1) is 19.2. The second-order valence-corrected chi connectivity index (χ2v) is 9.50. The van der Waals surface area contributed by atoms with E-state index in [1.165, 1.54) is 4.31 Å². The minimum absolute atomic E-state index is 0.161. The molecule has 0 amide bonds. The first-order valence-electron chi connectivity index (χ1n) is 9.29. The third kappa shape index (κ3) is 3.26. The molecule has 0 spiro atoms. The molecule has 0 saturated heterocycles. The highest BCUT2D eigenvalue weighted by atomic mass is 35.5. The van der Waals surface area contributed by atoms with E-state index in [4.69, 9.17) is 11.6 Å². The lowest BCUT2D eigenvalue weighted by atomic mass is 10.0. The first-order valence-corrected chi connectivity index (χ1v) is 11.1. The van der Waals surface area contributed by atoms with E-state index in [1.807, 2.05) is 12.1 Å². The third-order valence-corrected chi connectivity index (χ3v) is 7.48. The van der Waals surface area contributed by atoms with Gasteiger partial charge in [-0.25, -0.2) is 13.4 Å². The Morgan fingerprint density at radius 3 is 2.61 bits per heavy atom. The molecular weight excluding hydrogens is 394 g/mol. The summed E-state index contributed by atoms with van der Waals surface area (Å²) in [7, 11) is -3.61. The Morgan fingerprint density at radius 2 is 1.93 bits per heavy atom. The van der Waals surface area contributed by atoms with Gasteiger partial charge in [0.05, 0.1) is 5.02 Å². The maximum absolute atomic E-state index is 13.0. The van der Waals surface area contributed by atoms with E-state index in [-0.39, 0.29) is 9.92 Å². The molecule has 0 fully saturated rings. The van der Waals surface area contributed by atoms with Crippen LogP contribution in [0.25, 0.3) is 16.6 Å². The number of hydrogen-bond acceptors (Lipinski definition) is 3. The van der Waals surface area contributed by atoms with Crippen molar-refractivity contribution in [3.63, 3.8) is 0 Å². The van der Waals surface area contributed by atoms with E-state index in [1.54, 1.807) is 30.5 Å². The van der Waals surface area contributed by atoms with Gasteiger partial charge in [-0.1, -0.05) is 29.8 Å². The molecule has 3 aromatic rings. The van der Waals surface area contributed by atoms with Gasteiger partial charge in [-0.2, -0.15) is 4.31 Å². The molecule has 1 aromatic carbocycles. The standard InChI is InChI=1S/C21H22ClN3O2S/c1-15(2)25-14-18(17-6-5-11-23-21(17)25)16-9-12-24(13-10-16)28(26,27)20-8-4-3-7-19(20)22/h3-9,11,14-15H,10,12-13H2,1-2H3. The molecule has 0 bridgehead atoms. The Hall–Kier alpha value is -2.15. The number of nitrogens with zero attached hydrogens (tertiary/aromatic N) is 3. The van der Waals surface area contributed by atoms with Crippen molar-refractivity contribution in [3.8, 4) is 0 Å². The van der Waals surface area contributed by atoms with Crippen molar-refractivity contribution in [1.82, 2.24) is 13.9 Å². The fourth-order valence-corrected chi connectivity index (χ4v) is 5.51. The summed E-state index contributed by atoms with van der Waals surface area (Å²) in [6.07, 6.45) is 6.59. The van der Waals surface area contributed by atoms with Crippen molar-refractivity contribution in [1.29, 1.82) is 0 Å². The summed E-state index contributed by atoms with van der Waals surface area (Å²) >= 11 is 6.12. The van der Waals surface area contributed by atoms with Gasteiger partial charge in [-0.15, -0.1) is 0 Å². The molecule has 1 aliphatic heterocycles. The summed E-state index contributed by atoms with van der Waals surface area (Å²) < 4.78 is 29.6. The zero-order chi connectivity index (χ0) is 19.9. The monoisotopic (exact) mass is 415 g/mol. The summed E-state index contributed by atoms with van der Waals surface area (Å²) in [5.41, 5.74) is 3.24. The second kappa shape index (κ2) is 7.35. The number of hydrogen-bond donors (Lipinski definition) is 0. The topological polar surface area (TPSA) is 55.2 Å². The minimum atomic E-state index is -3.61. The van der Waals surface area contributed by atoms with Gasteiger partial charge in [-0.05, 0) is 50.1 Å².